The number of halogens is 4. The molecule has 18 heavy (non-hydrogen) atoms. The van der Waals surface area contributed by atoms with Crippen molar-refractivity contribution < 1.29 is 0 Å². The lowest BCUT2D eigenvalue weighted by Crippen LogP contribution is -2.20. The van der Waals surface area contributed by atoms with Crippen molar-refractivity contribution in [1.82, 2.24) is 0 Å². The van der Waals surface area contributed by atoms with E-state index in [0.29, 0.717) is 20.1 Å². The third-order valence-corrected chi connectivity index (χ3v) is 5.63. The first-order valence-corrected chi connectivity index (χ1v) is 7.17. The monoisotopic (exact) mass is 318 g/mol. The third kappa shape index (κ3) is 1.53. The van der Waals surface area contributed by atoms with Gasteiger partial charge in [0.15, 0.2) is 0 Å². The van der Waals surface area contributed by atoms with Crippen LogP contribution in [0, 0.1) is 0 Å². The van der Waals surface area contributed by atoms with Crippen molar-refractivity contribution in [2.24, 2.45) is 0 Å². The quantitative estimate of drug-likeness (QED) is 0.295. The molecule has 0 heterocycles. The van der Waals surface area contributed by atoms with Crippen molar-refractivity contribution in [2.45, 2.75) is 25.7 Å². The van der Waals surface area contributed by atoms with E-state index in [9.17, 15) is 0 Å². The molecule has 1 aromatic carbocycles. The van der Waals surface area contributed by atoms with Gasteiger partial charge in [-0.2, -0.15) is 0 Å². The topological polar surface area (TPSA) is 0 Å². The zero-order valence-corrected chi connectivity index (χ0v) is 12.8. The van der Waals surface area contributed by atoms with Gasteiger partial charge in [-0.1, -0.05) is 69.7 Å². The maximum Gasteiger partial charge on any atom is 0.0797 e. The van der Waals surface area contributed by atoms with E-state index in [0.717, 1.165) is 11.1 Å². The fourth-order valence-electron chi connectivity index (χ4n) is 2.89. The van der Waals surface area contributed by atoms with E-state index in [1.165, 1.54) is 11.1 Å². The van der Waals surface area contributed by atoms with Gasteiger partial charge in [0.1, 0.15) is 0 Å². The van der Waals surface area contributed by atoms with Crippen molar-refractivity contribution in [1.29, 1.82) is 0 Å². The molecule has 94 valence electrons. The molecule has 2 atom stereocenters. The Labute approximate surface area is 126 Å². The van der Waals surface area contributed by atoms with E-state index in [2.05, 4.69) is 26.0 Å². The Kier molecular flexibility index (Phi) is 2.99. The third-order valence-electron chi connectivity index (χ3n) is 3.80. The first-order chi connectivity index (χ1) is 8.43. The second-order valence-corrected chi connectivity index (χ2v) is 6.37. The minimum absolute atomic E-state index is 0.171. The maximum absolute atomic E-state index is 6.36. The van der Waals surface area contributed by atoms with Gasteiger partial charge >= 0.3 is 0 Å². The summed E-state index contributed by atoms with van der Waals surface area (Å²) in [6.07, 6.45) is 4.46. The van der Waals surface area contributed by atoms with Crippen LogP contribution in [0.1, 0.15) is 36.8 Å². The van der Waals surface area contributed by atoms with Crippen LogP contribution in [0.3, 0.4) is 0 Å². The Hall–Kier alpha value is -0.140. The van der Waals surface area contributed by atoms with Crippen LogP contribution in [0.15, 0.2) is 23.3 Å². The molecule has 0 spiro atoms. The standard InChI is InChI=1S/C14H10Cl4/c1-5-3-8-6(2)4-7(5)9-10(8)12(16)14(18)13(17)11(9)15/h3-4,7-8H,1-2H3/t7-,8+. The van der Waals surface area contributed by atoms with E-state index in [1.54, 1.807) is 0 Å². The van der Waals surface area contributed by atoms with Crippen molar-refractivity contribution in [3.05, 3.63) is 54.5 Å². The van der Waals surface area contributed by atoms with Crippen LogP contribution < -0.4 is 0 Å². The molecule has 0 N–H and O–H groups in total. The Morgan fingerprint density at radius 2 is 1.00 bits per heavy atom. The minimum Gasteiger partial charge on any atom is -0.0823 e. The van der Waals surface area contributed by atoms with Crippen molar-refractivity contribution in [3.8, 4) is 0 Å². The van der Waals surface area contributed by atoms with Crippen molar-refractivity contribution in [3.63, 3.8) is 0 Å². The van der Waals surface area contributed by atoms with E-state index >= 15 is 0 Å². The van der Waals surface area contributed by atoms with Crippen LogP contribution in [-0.4, -0.2) is 0 Å². The zero-order chi connectivity index (χ0) is 13.2. The molecule has 2 bridgehead atoms. The average Bonchev–Trinajstić information content (AvgIpc) is 2.34. The summed E-state index contributed by atoms with van der Waals surface area (Å²) in [5.41, 5.74) is 4.61. The highest BCUT2D eigenvalue weighted by Gasteiger charge is 2.37. The first-order valence-electron chi connectivity index (χ1n) is 5.65. The summed E-state index contributed by atoms with van der Waals surface area (Å²) in [7, 11) is 0. The molecule has 0 amide bonds. The van der Waals surface area contributed by atoms with Crippen molar-refractivity contribution >= 4 is 46.4 Å². The molecule has 4 rings (SSSR count). The predicted molar refractivity (Wildman–Crippen MR) is 79.5 cm³/mol. The summed E-state index contributed by atoms with van der Waals surface area (Å²) in [6, 6.07) is 0. The Morgan fingerprint density at radius 3 is 1.33 bits per heavy atom. The molecule has 0 aliphatic heterocycles. The second kappa shape index (κ2) is 4.18. The number of hydrogen-bond acceptors (Lipinski definition) is 0. The average molecular weight is 320 g/mol. The molecule has 0 saturated heterocycles. The number of rotatable bonds is 0. The van der Waals surface area contributed by atoms with E-state index in [1.807, 2.05) is 0 Å². The van der Waals surface area contributed by atoms with Crippen LogP contribution in [-0.2, 0) is 0 Å². The molecular formula is C14H10Cl4. The predicted octanol–water partition coefficient (Wildman–Crippen LogP) is 6.39. The molecule has 0 unspecified atom stereocenters. The highest BCUT2D eigenvalue weighted by Crippen LogP contribution is 2.55. The fourth-order valence-corrected chi connectivity index (χ4v) is 4.01. The largest absolute Gasteiger partial charge is 0.0823 e. The molecule has 0 fully saturated rings. The number of benzene rings is 1. The van der Waals surface area contributed by atoms with E-state index < -0.39 is 0 Å². The zero-order valence-electron chi connectivity index (χ0n) is 9.82. The fraction of sp³-hybridized carbons (Fsp3) is 0.286. The highest BCUT2D eigenvalue weighted by atomic mass is 35.5. The van der Waals surface area contributed by atoms with Gasteiger partial charge in [0.25, 0.3) is 0 Å². The normalized spacial score (nSPS) is 24.8. The molecule has 1 aromatic rings. The first kappa shape index (κ1) is 12.9. The summed E-state index contributed by atoms with van der Waals surface area (Å²) >= 11 is 25.0. The minimum atomic E-state index is 0.171. The van der Waals surface area contributed by atoms with Gasteiger partial charge in [0.05, 0.1) is 20.1 Å². The molecule has 0 radical (unpaired) electrons. The molecule has 3 aliphatic carbocycles. The lowest BCUT2D eigenvalue weighted by Gasteiger charge is -2.37. The Balaban J connectivity index is 2.40. The SMILES string of the molecule is CC1=C[C@H]2C(C)=C[C@H]1c1c(Cl)c(Cl)c(Cl)c(Cl)c12. The van der Waals surface area contributed by atoms with Crippen LogP contribution in [0.25, 0.3) is 0 Å². The lowest BCUT2D eigenvalue weighted by atomic mass is 9.69. The summed E-state index contributed by atoms with van der Waals surface area (Å²) < 4.78 is 0. The van der Waals surface area contributed by atoms with E-state index in [-0.39, 0.29) is 11.8 Å². The van der Waals surface area contributed by atoms with Crippen molar-refractivity contribution in [2.75, 3.05) is 0 Å². The molecule has 0 nitrogen and oxygen atoms in total. The van der Waals surface area contributed by atoms with Crippen LogP contribution in [0.4, 0.5) is 0 Å². The van der Waals surface area contributed by atoms with E-state index in [4.69, 9.17) is 46.4 Å². The molecule has 4 heteroatoms. The van der Waals surface area contributed by atoms with Gasteiger partial charge in [-0.3, -0.25) is 0 Å². The molecular weight excluding hydrogens is 310 g/mol. The lowest BCUT2D eigenvalue weighted by molar-refractivity contribution is 0.786. The molecule has 0 saturated carbocycles. The van der Waals surface area contributed by atoms with Gasteiger partial charge in [0, 0.05) is 11.8 Å². The van der Waals surface area contributed by atoms with Gasteiger partial charge in [-0.05, 0) is 25.0 Å². The summed E-state index contributed by atoms with van der Waals surface area (Å²) in [4.78, 5) is 0. The molecule has 3 aliphatic rings. The summed E-state index contributed by atoms with van der Waals surface area (Å²) in [6.45, 7) is 4.21. The highest BCUT2D eigenvalue weighted by molar-refractivity contribution is 6.52. The van der Waals surface area contributed by atoms with Gasteiger partial charge < -0.3 is 0 Å². The van der Waals surface area contributed by atoms with Gasteiger partial charge in [0.2, 0.25) is 0 Å². The Bertz CT molecular complexity index is 570. The van der Waals surface area contributed by atoms with Crippen LogP contribution in [0.2, 0.25) is 20.1 Å². The van der Waals surface area contributed by atoms with Gasteiger partial charge in [-0.25, -0.2) is 0 Å². The van der Waals surface area contributed by atoms with Crippen LogP contribution in [0.5, 0.6) is 0 Å². The number of allylic oxidation sites excluding steroid dienone is 4. The summed E-state index contributed by atoms with van der Waals surface area (Å²) in [5.74, 6) is 0.342. The smallest absolute Gasteiger partial charge is 0.0797 e. The Morgan fingerprint density at radius 1 is 0.667 bits per heavy atom. The maximum atomic E-state index is 6.36. The second-order valence-electron chi connectivity index (χ2n) is 4.86. The summed E-state index contributed by atoms with van der Waals surface area (Å²) in [5, 5.41) is 1.78. The molecule has 0 aromatic heterocycles. The van der Waals surface area contributed by atoms with Gasteiger partial charge in [-0.15, -0.1) is 0 Å². The number of hydrogen-bond donors (Lipinski definition) is 0. The van der Waals surface area contributed by atoms with Crippen LogP contribution >= 0.6 is 46.4 Å².